The molecule has 0 heterocycles. The molecular weight excluding hydrogens is 214 g/mol. The van der Waals surface area contributed by atoms with Gasteiger partial charge in [-0.05, 0) is 19.9 Å². The van der Waals surface area contributed by atoms with Gasteiger partial charge in [0.1, 0.15) is 11.9 Å². The highest BCUT2D eigenvalue weighted by atomic mass is 16.5. The summed E-state index contributed by atoms with van der Waals surface area (Å²) in [6.45, 7) is 8.61. The Morgan fingerprint density at radius 2 is 1.82 bits per heavy atom. The summed E-state index contributed by atoms with van der Waals surface area (Å²) >= 11 is 0. The Kier molecular flexibility index (Phi) is 5.45. The molecule has 0 aliphatic carbocycles. The zero-order chi connectivity index (χ0) is 12.8. The smallest absolute Gasteiger partial charge is 0.124 e. The zero-order valence-corrected chi connectivity index (χ0v) is 11.1. The number of para-hydroxylation sites is 1. The van der Waals surface area contributed by atoms with Crippen LogP contribution in [-0.4, -0.2) is 23.4 Å². The fraction of sp³-hybridized carbons (Fsp3) is 0.571. The Morgan fingerprint density at radius 3 is 2.41 bits per heavy atom. The molecule has 0 spiro atoms. The average Bonchev–Trinajstić information content (AvgIpc) is 2.27. The van der Waals surface area contributed by atoms with Crippen molar-refractivity contribution < 1.29 is 9.84 Å². The first-order chi connectivity index (χ1) is 8.00. The molecule has 0 saturated heterocycles. The molecule has 0 saturated carbocycles. The maximum atomic E-state index is 9.45. The first kappa shape index (κ1) is 14.0. The van der Waals surface area contributed by atoms with Crippen molar-refractivity contribution in [2.24, 2.45) is 0 Å². The molecule has 2 N–H and O–H groups in total. The van der Waals surface area contributed by atoms with Crippen LogP contribution in [0.1, 0.15) is 33.3 Å². The summed E-state index contributed by atoms with van der Waals surface area (Å²) in [6.07, 6.45) is -0.670. The van der Waals surface area contributed by atoms with Crippen LogP contribution in [0.15, 0.2) is 24.3 Å². The third-order valence-corrected chi connectivity index (χ3v) is 2.67. The summed E-state index contributed by atoms with van der Waals surface area (Å²) in [5, 5.41) is 12.8. The maximum absolute atomic E-state index is 9.45. The molecule has 0 fully saturated rings. The topological polar surface area (TPSA) is 41.5 Å². The van der Waals surface area contributed by atoms with Crippen LogP contribution in [0.2, 0.25) is 0 Å². The Bertz CT molecular complexity index is 337. The van der Waals surface area contributed by atoms with Gasteiger partial charge in [0.2, 0.25) is 0 Å². The molecule has 0 amide bonds. The van der Waals surface area contributed by atoms with Gasteiger partial charge in [-0.2, -0.15) is 0 Å². The van der Waals surface area contributed by atoms with E-state index in [4.69, 9.17) is 4.74 Å². The summed E-state index contributed by atoms with van der Waals surface area (Å²) in [4.78, 5) is 0. The van der Waals surface area contributed by atoms with Crippen molar-refractivity contribution >= 4 is 0 Å². The average molecular weight is 237 g/mol. The standard InChI is InChI=1S/C14H23NO2/c1-10(2)15-9-13-7-5-6-8-14(13)17-12(4)11(3)16/h5-8,10-12,15-16H,9H2,1-4H3. The predicted molar refractivity (Wildman–Crippen MR) is 70.2 cm³/mol. The number of aliphatic hydroxyl groups is 1. The molecule has 0 aliphatic heterocycles. The van der Waals surface area contributed by atoms with E-state index in [1.54, 1.807) is 6.92 Å². The van der Waals surface area contributed by atoms with Gasteiger partial charge < -0.3 is 15.2 Å². The Balaban J connectivity index is 2.70. The number of hydrogen-bond acceptors (Lipinski definition) is 3. The molecule has 96 valence electrons. The van der Waals surface area contributed by atoms with E-state index in [1.807, 2.05) is 31.2 Å². The minimum absolute atomic E-state index is 0.199. The van der Waals surface area contributed by atoms with E-state index in [2.05, 4.69) is 19.2 Å². The van der Waals surface area contributed by atoms with Gasteiger partial charge in [0, 0.05) is 18.2 Å². The second-order valence-corrected chi connectivity index (χ2v) is 4.71. The largest absolute Gasteiger partial charge is 0.488 e. The molecule has 0 bridgehead atoms. The molecule has 3 nitrogen and oxygen atoms in total. The Morgan fingerprint density at radius 1 is 1.18 bits per heavy atom. The van der Waals surface area contributed by atoms with Crippen molar-refractivity contribution in [1.82, 2.24) is 5.32 Å². The Labute approximate surface area is 104 Å². The molecule has 1 aromatic rings. The van der Waals surface area contributed by atoms with Crippen molar-refractivity contribution in [2.45, 2.75) is 52.5 Å². The van der Waals surface area contributed by atoms with Crippen molar-refractivity contribution in [3.8, 4) is 5.75 Å². The highest BCUT2D eigenvalue weighted by Crippen LogP contribution is 2.20. The molecule has 0 aromatic heterocycles. The van der Waals surface area contributed by atoms with E-state index >= 15 is 0 Å². The molecule has 0 radical (unpaired) electrons. The van der Waals surface area contributed by atoms with Gasteiger partial charge in [0.25, 0.3) is 0 Å². The number of rotatable bonds is 6. The lowest BCUT2D eigenvalue weighted by Gasteiger charge is -2.20. The van der Waals surface area contributed by atoms with Gasteiger partial charge in [-0.25, -0.2) is 0 Å². The van der Waals surface area contributed by atoms with Crippen LogP contribution < -0.4 is 10.1 Å². The Hall–Kier alpha value is -1.06. The third kappa shape index (κ3) is 4.75. The van der Waals surface area contributed by atoms with E-state index in [0.717, 1.165) is 17.9 Å². The van der Waals surface area contributed by atoms with Crippen molar-refractivity contribution in [3.05, 3.63) is 29.8 Å². The van der Waals surface area contributed by atoms with Crippen LogP contribution in [0.25, 0.3) is 0 Å². The van der Waals surface area contributed by atoms with E-state index in [0.29, 0.717) is 6.04 Å². The predicted octanol–water partition coefficient (Wildman–Crippen LogP) is 2.33. The minimum atomic E-state index is -0.471. The summed E-state index contributed by atoms with van der Waals surface area (Å²) in [5.74, 6) is 0.842. The zero-order valence-electron chi connectivity index (χ0n) is 11.1. The highest BCUT2D eigenvalue weighted by Gasteiger charge is 2.12. The first-order valence-corrected chi connectivity index (χ1v) is 6.16. The number of aliphatic hydroxyl groups excluding tert-OH is 1. The quantitative estimate of drug-likeness (QED) is 0.798. The van der Waals surface area contributed by atoms with E-state index in [-0.39, 0.29) is 6.10 Å². The van der Waals surface area contributed by atoms with Gasteiger partial charge in [-0.3, -0.25) is 0 Å². The molecule has 3 heteroatoms. The van der Waals surface area contributed by atoms with E-state index in [1.165, 1.54) is 0 Å². The van der Waals surface area contributed by atoms with Crippen LogP contribution >= 0.6 is 0 Å². The highest BCUT2D eigenvalue weighted by molar-refractivity contribution is 5.33. The summed E-state index contributed by atoms with van der Waals surface area (Å²) in [6, 6.07) is 8.37. The van der Waals surface area contributed by atoms with Gasteiger partial charge in [0.05, 0.1) is 6.10 Å². The number of ether oxygens (including phenoxy) is 1. The molecule has 2 atom stereocenters. The first-order valence-electron chi connectivity index (χ1n) is 6.16. The normalized spacial score (nSPS) is 14.7. The van der Waals surface area contributed by atoms with Crippen molar-refractivity contribution in [3.63, 3.8) is 0 Å². The van der Waals surface area contributed by atoms with Gasteiger partial charge >= 0.3 is 0 Å². The lowest BCUT2D eigenvalue weighted by Crippen LogP contribution is -2.27. The number of hydrogen-bond donors (Lipinski definition) is 2. The van der Waals surface area contributed by atoms with Crippen LogP contribution in [0.5, 0.6) is 5.75 Å². The fourth-order valence-corrected chi connectivity index (χ4v) is 1.38. The van der Waals surface area contributed by atoms with Crippen LogP contribution in [0.4, 0.5) is 0 Å². The molecular formula is C14H23NO2. The van der Waals surface area contributed by atoms with Crippen LogP contribution in [0.3, 0.4) is 0 Å². The summed E-state index contributed by atoms with van der Waals surface area (Å²) in [7, 11) is 0. The lowest BCUT2D eigenvalue weighted by atomic mass is 10.2. The summed E-state index contributed by atoms with van der Waals surface area (Å²) in [5.41, 5.74) is 1.12. The lowest BCUT2D eigenvalue weighted by molar-refractivity contribution is 0.0597. The maximum Gasteiger partial charge on any atom is 0.124 e. The molecule has 1 aromatic carbocycles. The van der Waals surface area contributed by atoms with Crippen LogP contribution in [0, 0.1) is 0 Å². The van der Waals surface area contributed by atoms with Gasteiger partial charge in [-0.15, -0.1) is 0 Å². The molecule has 0 aliphatic rings. The van der Waals surface area contributed by atoms with Crippen molar-refractivity contribution in [1.29, 1.82) is 0 Å². The fourth-order valence-electron chi connectivity index (χ4n) is 1.38. The van der Waals surface area contributed by atoms with Crippen LogP contribution in [-0.2, 0) is 6.54 Å². The van der Waals surface area contributed by atoms with Gasteiger partial charge in [-0.1, -0.05) is 32.0 Å². The SMILES string of the molecule is CC(C)NCc1ccccc1OC(C)C(C)O. The number of nitrogens with one attached hydrogen (secondary N) is 1. The second kappa shape index (κ2) is 6.62. The van der Waals surface area contributed by atoms with E-state index < -0.39 is 6.10 Å². The third-order valence-electron chi connectivity index (χ3n) is 2.67. The molecule has 1 rings (SSSR count). The molecule has 17 heavy (non-hydrogen) atoms. The molecule has 2 unspecified atom stereocenters. The van der Waals surface area contributed by atoms with Gasteiger partial charge in [0.15, 0.2) is 0 Å². The summed E-state index contributed by atoms with van der Waals surface area (Å²) < 4.78 is 5.75. The second-order valence-electron chi connectivity index (χ2n) is 4.71. The van der Waals surface area contributed by atoms with E-state index in [9.17, 15) is 5.11 Å². The van der Waals surface area contributed by atoms with Crippen molar-refractivity contribution in [2.75, 3.05) is 0 Å². The number of benzene rings is 1. The monoisotopic (exact) mass is 237 g/mol. The minimum Gasteiger partial charge on any atom is -0.488 e.